The van der Waals surface area contributed by atoms with Crippen molar-refractivity contribution >= 4 is 166 Å². The minimum atomic E-state index is -5.05. The molecule has 270 valence electrons. The van der Waals surface area contributed by atoms with Gasteiger partial charge in [-0.15, -0.1) is 11.3 Å². The number of aromatic nitrogens is 2. The van der Waals surface area contributed by atoms with Gasteiger partial charge in [0, 0.05) is 36.8 Å². The van der Waals surface area contributed by atoms with Crippen molar-refractivity contribution in [3.63, 3.8) is 0 Å². The quantitative estimate of drug-likeness (QED) is 0.0460. The van der Waals surface area contributed by atoms with Gasteiger partial charge in [-0.25, -0.2) is 14.2 Å². The molecule has 3 fully saturated rings. The van der Waals surface area contributed by atoms with Crippen molar-refractivity contribution in [2.24, 2.45) is 5.16 Å². The van der Waals surface area contributed by atoms with Gasteiger partial charge in [-0.3, -0.25) is 18.9 Å². The van der Waals surface area contributed by atoms with Crippen LogP contribution in [0.4, 0.5) is 15.2 Å². The van der Waals surface area contributed by atoms with E-state index in [4.69, 9.17) is 34.4 Å². The molecule has 2 unspecified atom stereocenters. The molecule has 6 rings (SSSR count). The number of nitrogens with two attached hydrogens (primary N) is 1. The Kier molecular flexibility index (Phi) is 13.7. The van der Waals surface area contributed by atoms with Crippen LogP contribution in [0.1, 0.15) is 41.4 Å². The van der Waals surface area contributed by atoms with E-state index in [0.717, 1.165) is 30.2 Å². The van der Waals surface area contributed by atoms with E-state index < -0.39 is 62.4 Å². The summed E-state index contributed by atoms with van der Waals surface area (Å²) in [7, 11) is -3.88. The zero-order valence-electron chi connectivity index (χ0n) is 25.5. The molecule has 4 heterocycles. The molecule has 1 saturated carbocycles. The van der Waals surface area contributed by atoms with Crippen molar-refractivity contribution in [3.05, 3.63) is 50.0 Å². The molecule has 1 aromatic carbocycles. The molecule has 3 atom stereocenters. The molecule has 17 nitrogen and oxygen atoms in total. The maximum atomic E-state index is 15.6. The Bertz CT molecular complexity index is 2170. The van der Waals surface area contributed by atoms with Crippen molar-refractivity contribution in [2.45, 2.75) is 42.8 Å². The predicted octanol–water partition coefficient (Wildman–Crippen LogP) is 0.262. The molecule has 0 radical (unpaired) electrons. The van der Waals surface area contributed by atoms with Crippen LogP contribution in [-0.2, 0) is 24.7 Å². The van der Waals surface area contributed by atoms with Gasteiger partial charge in [-0.2, -0.15) is 12.7 Å². The number of oxime groups is 1. The molecule has 1 aliphatic carbocycles. The Labute approximate surface area is 357 Å². The molecule has 2 aromatic heterocycles. The molecular formula is C27H28ClFN8Na2O9S4. The first-order valence-corrected chi connectivity index (χ1v) is 18.5. The van der Waals surface area contributed by atoms with Crippen LogP contribution in [0.25, 0.3) is 10.9 Å². The third kappa shape index (κ3) is 8.42. The van der Waals surface area contributed by atoms with E-state index in [0.29, 0.717) is 18.2 Å². The van der Waals surface area contributed by atoms with E-state index in [-0.39, 0.29) is 125 Å². The maximum absolute atomic E-state index is 15.6. The number of nitrogens with zero attached hydrogens (tertiary/aromatic N) is 5. The average molecular weight is 837 g/mol. The number of anilines is 2. The predicted molar refractivity (Wildman–Crippen MR) is 201 cm³/mol. The van der Waals surface area contributed by atoms with Crippen LogP contribution in [-0.4, -0.2) is 157 Å². The SMILES string of the molecule is CO/N=C(\C(=O)N[C@H]1C(=O)N(S(=O)(=O)O)C1SC(=S)NC1CCN(c2c(F)cc3c(=O)c(C(=O)O)cn(C4CC4)c3c2Cl)C1)c1csc(N)n1.[NaH].[NaH]. The summed E-state index contributed by atoms with van der Waals surface area (Å²) < 4.78 is 51.2. The van der Waals surface area contributed by atoms with Gasteiger partial charge in [0.25, 0.3) is 11.8 Å². The number of fused-ring (bicyclic) bond motifs is 1. The number of carboxylic acid groups (broad SMARTS) is 1. The number of thiazole rings is 1. The Balaban J connectivity index is 0.00000302. The fraction of sp³-hybridized carbons (Fsp3) is 0.370. The second kappa shape index (κ2) is 16.7. The molecular weight excluding hydrogens is 809 g/mol. The molecule has 25 heteroatoms. The molecule has 0 spiro atoms. The average Bonchev–Trinajstić information content (AvgIpc) is 3.64. The number of amides is 2. The van der Waals surface area contributed by atoms with E-state index in [1.54, 1.807) is 9.47 Å². The van der Waals surface area contributed by atoms with Gasteiger partial charge in [-0.1, -0.05) is 40.7 Å². The second-order valence-corrected chi connectivity index (χ2v) is 15.7. The Morgan fingerprint density at radius 1 is 1.25 bits per heavy atom. The van der Waals surface area contributed by atoms with Crippen LogP contribution in [0.3, 0.4) is 0 Å². The van der Waals surface area contributed by atoms with Gasteiger partial charge in [0.1, 0.15) is 39.9 Å². The molecule has 52 heavy (non-hydrogen) atoms. The first-order valence-electron chi connectivity index (χ1n) is 14.6. The summed E-state index contributed by atoms with van der Waals surface area (Å²) in [6.07, 6.45) is 3.11. The number of carboxylic acids is 1. The van der Waals surface area contributed by atoms with Gasteiger partial charge < -0.3 is 35.8 Å². The fourth-order valence-electron chi connectivity index (χ4n) is 5.74. The normalized spacial score (nSPS) is 20.1. The number of β-lactam (4-membered cyclic amide) rings is 1. The van der Waals surface area contributed by atoms with Crippen LogP contribution in [0.15, 0.2) is 27.6 Å². The molecule has 2 amide bonds. The molecule has 2 aliphatic heterocycles. The zero-order chi connectivity index (χ0) is 36.2. The summed E-state index contributed by atoms with van der Waals surface area (Å²) in [6, 6.07) is -0.999. The van der Waals surface area contributed by atoms with E-state index in [2.05, 4.69) is 20.8 Å². The summed E-state index contributed by atoms with van der Waals surface area (Å²) >= 11 is 13.9. The standard InChI is InChI=1S/C27H26ClFN8O9S4.2Na.2H/c1-46-34-17(15-9-48-26(30)32-15)22(39)33-18-23(40)37(50(43,44)45)24(18)49-27(47)31-10-4-5-35(7-10)20-14(29)6-12-19(16(20)28)36(11-2-3-11)8-13(21(12)38)25(41)42;;;;/h6,8-11,18,24H,2-5,7H2,1H3,(H2,30,32)(H,31,47)(H,33,39)(H,41,42)(H,43,44,45);;;;/b34-17-;;;;/t10?,18-,24?;;;;/m0..../s1. The second-order valence-electron chi connectivity index (χ2n) is 11.4. The summed E-state index contributed by atoms with van der Waals surface area (Å²) in [5.74, 6) is -4.33. The Morgan fingerprint density at radius 3 is 2.52 bits per heavy atom. The molecule has 3 aliphatic rings. The molecule has 6 N–H and O–H groups in total. The fourth-order valence-corrected chi connectivity index (χ4v) is 9.31. The van der Waals surface area contributed by atoms with Crippen LogP contribution in [0.5, 0.6) is 0 Å². The van der Waals surface area contributed by atoms with E-state index >= 15 is 4.39 Å². The van der Waals surface area contributed by atoms with Gasteiger partial charge in [0.15, 0.2) is 10.8 Å². The number of benzene rings is 1. The van der Waals surface area contributed by atoms with Crippen molar-refractivity contribution in [3.8, 4) is 0 Å². The first-order chi connectivity index (χ1) is 23.6. The number of thioether (sulfide) groups is 1. The number of hydrogen-bond acceptors (Lipinski definition) is 14. The van der Waals surface area contributed by atoms with Gasteiger partial charge in [0.2, 0.25) is 5.43 Å². The minimum absolute atomic E-state index is 0. The van der Waals surface area contributed by atoms with Crippen LogP contribution < -0.4 is 26.7 Å². The van der Waals surface area contributed by atoms with Crippen molar-refractivity contribution in [2.75, 3.05) is 30.8 Å². The number of nitrogens with one attached hydrogen (secondary N) is 2. The summed E-state index contributed by atoms with van der Waals surface area (Å²) in [5, 5.41) is 18.5. The van der Waals surface area contributed by atoms with Gasteiger partial charge >= 0.3 is 75.4 Å². The van der Waals surface area contributed by atoms with Gasteiger partial charge in [-0.05, 0) is 25.3 Å². The summed E-state index contributed by atoms with van der Waals surface area (Å²) in [6.45, 7) is 0.442. The number of nitrogen functional groups attached to an aromatic ring is 1. The number of rotatable bonds is 10. The van der Waals surface area contributed by atoms with Crippen LogP contribution in [0.2, 0.25) is 5.02 Å². The van der Waals surface area contributed by atoms with Crippen molar-refractivity contribution in [1.82, 2.24) is 24.5 Å². The zero-order valence-corrected chi connectivity index (χ0v) is 29.6. The van der Waals surface area contributed by atoms with E-state index in [1.807, 2.05) is 0 Å². The number of halogens is 2. The number of hydrogen-bond donors (Lipinski definition) is 5. The number of carbonyl (C=O) groups excluding carboxylic acids is 2. The summed E-state index contributed by atoms with van der Waals surface area (Å²) in [5.41, 5.74) is 4.25. The van der Waals surface area contributed by atoms with Crippen LogP contribution in [0, 0.1) is 5.82 Å². The number of aromatic carboxylic acids is 1. The Hall–Kier alpha value is -2.09. The van der Waals surface area contributed by atoms with Crippen molar-refractivity contribution in [1.29, 1.82) is 0 Å². The molecule has 3 aromatic rings. The van der Waals surface area contributed by atoms with Crippen LogP contribution >= 0.6 is 46.9 Å². The van der Waals surface area contributed by atoms with E-state index in [1.165, 1.54) is 18.7 Å². The Morgan fingerprint density at radius 2 is 1.94 bits per heavy atom. The van der Waals surface area contributed by atoms with E-state index in [9.17, 15) is 37.3 Å². The third-order valence-corrected chi connectivity index (χ3v) is 11.6. The van der Waals surface area contributed by atoms with Gasteiger partial charge in [0.05, 0.1) is 21.6 Å². The number of thiocarbonyl (C=S) groups is 1. The number of carbonyl (C=O) groups is 3. The molecule has 0 bridgehead atoms. The third-order valence-electron chi connectivity index (χ3n) is 8.11. The molecule has 2 saturated heterocycles. The monoisotopic (exact) mass is 836 g/mol. The summed E-state index contributed by atoms with van der Waals surface area (Å²) in [4.78, 5) is 60.8. The van der Waals surface area contributed by atoms with Crippen molar-refractivity contribution < 1.29 is 41.7 Å². The topological polar surface area (TPSA) is 239 Å². The number of pyridine rings is 1. The first kappa shape index (κ1) is 42.6.